The van der Waals surface area contributed by atoms with E-state index in [1.807, 2.05) is 6.07 Å². The van der Waals surface area contributed by atoms with Crippen LogP contribution in [0.2, 0.25) is 0 Å². The number of fused-ring (bicyclic) bond motifs is 1. The molecule has 0 saturated heterocycles. The quantitative estimate of drug-likeness (QED) is 0.653. The average molecular weight is 380 g/mol. The normalized spacial score (nSPS) is 11.1. The van der Waals surface area contributed by atoms with Crippen LogP contribution in [0.5, 0.6) is 17.2 Å². The van der Waals surface area contributed by atoms with Crippen LogP contribution in [-0.4, -0.2) is 42.1 Å². The molecule has 8 nitrogen and oxygen atoms in total. The van der Waals surface area contributed by atoms with Gasteiger partial charge < -0.3 is 19.2 Å². The lowest BCUT2D eigenvalue weighted by molar-refractivity contribution is 0.0893. The summed E-state index contributed by atoms with van der Waals surface area (Å²) < 4.78 is 16.1. The number of nitrogens with zero attached hydrogens (tertiary/aromatic N) is 3. The van der Waals surface area contributed by atoms with Crippen LogP contribution in [0.4, 0.5) is 0 Å². The van der Waals surface area contributed by atoms with Crippen molar-refractivity contribution >= 4 is 16.9 Å². The van der Waals surface area contributed by atoms with Gasteiger partial charge in [-0.3, -0.25) is 4.79 Å². The number of H-pyrrole nitrogens is 1. The van der Waals surface area contributed by atoms with E-state index in [1.54, 1.807) is 32.2 Å². The van der Waals surface area contributed by atoms with Crippen LogP contribution in [0.15, 0.2) is 24.5 Å². The van der Waals surface area contributed by atoms with Crippen molar-refractivity contribution in [3.63, 3.8) is 0 Å². The van der Waals surface area contributed by atoms with E-state index in [4.69, 9.17) is 14.2 Å². The zero-order chi connectivity index (χ0) is 20.5. The fourth-order valence-electron chi connectivity index (χ4n) is 2.82. The van der Waals surface area contributed by atoms with Crippen molar-refractivity contribution in [3.8, 4) is 34.6 Å². The summed E-state index contributed by atoms with van der Waals surface area (Å²) in [6.07, 6.45) is 3.12. The first kappa shape index (κ1) is 19.2. The summed E-state index contributed by atoms with van der Waals surface area (Å²) in [7, 11) is 4.59. The topological polar surface area (TPSA) is 110 Å². The van der Waals surface area contributed by atoms with Gasteiger partial charge in [-0.15, -0.1) is 0 Å². The number of ketones is 1. The third-order valence-electron chi connectivity index (χ3n) is 4.43. The molecule has 0 fully saturated rings. The molecule has 0 aliphatic carbocycles. The number of rotatable bonds is 6. The number of carbonyl (C=O) groups is 1. The maximum absolute atomic E-state index is 12.7. The fourth-order valence-corrected chi connectivity index (χ4v) is 2.82. The Labute approximate surface area is 162 Å². The molecular formula is C20H20N4O4. The summed E-state index contributed by atoms with van der Waals surface area (Å²) in [5, 5.41) is 9.28. The van der Waals surface area contributed by atoms with Crippen molar-refractivity contribution in [2.45, 2.75) is 13.8 Å². The average Bonchev–Trinajstić information content (AvgIpc) is 3.14. The van der Waals surface area contributed by atoms with Crippen molar-refractivity contribution in [2.24, 2.45) is 5.41 Å². The number of benzene rings is 1. The lowest BCUT2D eigenvalue weighted by Gasteiger charge is -2.14. The number of nitriles is 1. The summed E-state index contributed by atoms with van der Waals surface area (Å²) in [5.74, 6) is 1.11. The second-order valence-corrected chi connectivity index (χ2v) is 6.63. The number of ether oxygens (including phenoxy) is 3. The molecule has 0 aliphatic rings. The first-order valence-electron chi connectivity index (χ1n) is 8.46. The highest BCUT2D eigenvalue weighted by atomic mass is 16.5. The molecule has 0 aliphatic heterocycles. The fraction of sp³-hybridized carbons (Fsp3) is 0.300. The van der Waals surface area contributed by atoms with E-state index in [1.165, 1.54) is 27.5 Å². The number of Topliss-reactive ketones (excluding diaryl/α,β-unsaturated/α-hetero) is 1. The van der Waals surface area contributed by atoms with Gasteiger partial charge in [-0.2, -0.15) is 5.26 Å². The Hall–Kier alpha value is -3.60. The molecule has 0 spiro atoms. The van der Waals surface area contributed by atoms with Crippen LogP contribution in [0, 0.1) is 16.7 Å². The highest BCUT2D eigenvalue weighted by Crippen LogP contribution is 2.41. The van der Waals surface area contributed by atoms with Gasteiger partial charge in [-0.05, 0) is 26.0 Å². The van der Waals surface area contributed by atoms with Crippen molar-refractivity contribution in [1.82, 2.24) is 15.0 Å². The van der Waals surface area contributed by atoms with Crippen molar-refractivity contribution in [3.05, 3.63) is 30.1 Å². The van der Waals surface area contributed by atoms with E-state index in [0.717, 1.165) is 0 Å². The van der Waals surface area contributed by atoms with Crippen molar-refractivity contribution in [1.29, 1.82) is 5.26 Å². The third-order valence-corrected chi connectivity index (χ3v) is 4.43. The number of aromatic nitrogens is 3. The number of hydrogen-bond donors (Lipinski definition) is 1. The molecule has 28 heavy (non-hydrogen) atoms. The van der Waals surface area contributed by atoms with Gasteiger partial charge in [0.2, 0.25) is 5.75 Å². The highest BCUT2D eigenvalue weighted by Gasteiger charge is 2.31. The second-order valence-electron chi connectivity index (χ2n) is 6.63. The van der Waals surface area contributed by atoms with E-state index in [2.05, 4.69) is 15.0 Å². The molecule has 8 heteroatoms. The van der Waals surface area contributed by atoms with Crippen LogP contribution in [0.25, 0.3) is 22.4 Å². The molecule has 1 N–H and O–H groups in total. The number of hydrogen-bond acceptors (Lipinski definition) is 7. The smallest absolute Gasteiger partial charge is 0.203 e. The minimum atomic E-state index is -1.17. The predicted octanol–water partition coefficient (Wildman–Crippen LogP) is 3.38. The first-order chi connectivity index (χ1) is 13.4. The van der Waals surface area contributed by atoms with E-state index < -0.39 is 5.41 Å². The summed E-state index contributed by atoms with van der Waals surface area (Å²) in [5.41, 5.74) is 1.23. The largest absolute Gasteiger partial charge is 0.493 e. The summed E-state index contributed by atoms with van der Waals surface area (Å²) in [4.78, 5) is 24.6. The van der Waals surface area contributed by atoms with E-state index in [-0.39, 0.29) is 5.78 Å². The molecule has 0 unspecified atom stereocenters. The summed E-state index contributed by atoms with van der Waals surface area (Å²) in [6.45, 7) is 3.15. The Morgan fingerprint density at radius 2 is 1.79 bits per heavy atom. The summed E-state index contributed by atoms with van der Waals surface area (Å²) in [6, 6.07) is 5.53. The molecule has 0 saturated carbocycles. The Kier molecular flexibility index (Phi) is 4.92. The van der Waals surface area contributed by atoms with Crippen LogP contribution in [0.1, 0.15) is 24.2 Å². The Bertz CT molecular complexity index is 1070. The molecular weight excluding hydrogens is 360 g/mol. The van der Waals surface area contributed by atoms with Gasteiger partial charge in [0.05, 0.1) is 44.9 Å². The third kappa shape index (κ3) is 3.11. The molecule has 2 heterocycles. The van der Waals surface area contributed by atoms with Gasteiger partial charge in [0, 0.05) is 11.8 Å². The number of carbonyl (C=O) groups excluding carboxylic acids is 1. The molecule has 2 aromatic heterocycles. The van der Waals surface area contributed by atoms with E-state index >= 15 is 0 Å². The van der Waals surface area contributed by atoms with Gasteiger partial charge in [0.15, 0.2) is 22.9 Å². The minimum Gasteiger partial charge on any atom is -0.493 e. The van der Waals surface area contributed by atoms with Crippen LogP contribution in [0.3, 0.4) is 0 Å². The maximum Gasteiger partial charge on any atom is 0.203 e. The van der Waals surface area contributed by atoms with Crippen LogP contribution < -0.4 is 14.2 Å². The molecule has 0 amide bonds. The number of nitrogens with one attached hydrogen (secondary N) is 1. The van der Waals surface area contributed by atoms with Crippen LogP contribution in [-0.2, 0) is 0 Å². The van der Waals surface area contributed by atoms with Crippen molar-refractivity contribution in [2.75, 3.05) is 21.3 Å². The monoisotopic (exact) mass is 380 g/mol. The molecule has 0 atom stereocenters. The maximum atomic E-state index is 12.7. The lowest BCUT2D eigenvalue weighted by atomic mass is 9.86. The molecule has 3 aromatic rings. The molecule has 0 radical (unpaired) electrons. The molecule has 144 valence electrons. The van der Waals surface area contributed by atoms with Crippen molar-refractivity contribution < 1.29 is 19.0 Å². The van der Waals surface area contributed by atoms with Gasteiger partial charge in [0.25, 0.3) is 0 Å². The molecule has 3 rings (SSSR count). The Balaban J connectivity index is 2.17. The second kappa shape index (κ2) is 7.19. The van der Waals surface area contributed by atoms with Crippen LogP contribution >= 0.6 is 0 Å². The minimum absolute atomic E-state index is 0.322. The van der Waals surface area contributed by atoms with Gasteiger partial charge in [-0.25, -0.2) is 9.97 Å². The predicted molar refractivity (Wildman–Crippen MR) is 103 cm³/mol. The first-order valence-corrected chi connectivity index (χ1v) is 8.46. The van der Waals surface area contributed by atoms with Gasteiger partial charge in [0.1, 0.15) is 10.9 Å². The number of aromatic amines is 1. The van der Waals surface area contributed by atoms with E-state index in [9.17, 15) is 10.1 Å². The Morgan fingerprint density at radius 1 is 1.14 bits per heavy atom. The summed E-state index contributed by atoms with van der Waals surface area (Å²) >= 11 is 0. The zero-order valence-corrected chi connectivity index (χ0v) is 16.3. The standard InChI is InChI=1S/C20H20N4O4/c1-20(2,10-21)18(25)12-8-22-19-16(12)24-13(9-23-19)11-6-14(26-3)17(28-5)15(7-11)27-4/h6-9H,1-5H3,(H,22,23). The lowest BCUT2D eigenvalue weighted by Crippen LogP contribution is -2.22. The molecule has 0 bridgehead atoms. The number of methoxy groups -OCH3 is 3. The Morgan fingerprint density at radius 3 is 2.32 bits per heavy atom. The highest BCUT2D eigenvalue weighted by molar-refractivity contribution is 6.09. The van der Waals surface area contributed by atoms with Gasteiger partial charge in [-0.1, -0.05) is 0 Å². The zero-order valence-electron chi connectivity index (χ0n) is 16.3. The SMILES string of the molecule is COc1cc(-c2cnc3[nH]cc(C(=O)C(C)(C)C#N)c3n2)cc(OC)c1OC. The van der Waals surface area contributed by atoms with E-state index in [0.29, 0.717) is 45.2 Å². The molecule has 1 aromatic carbocycles. The van der Waals surface area contributed by atoms with Gasteiger partial charge >= 0.3 is 0 Å².